The molecule has 4 heterocycles. The second-order valence-corrected chi connectivity index (χ2v) is 7.79. The molecular formula is C20H17N5O3S. The maximum absolute atomic E-state index is 12.8. The van der Waals surface area contributed by atoms with Gasteiger partial charge in [0, 0.05) is 42.3 Å². The fourth-order valence-corrected chi connectivity index (χ4v) is 4.25. The molecule has 0 atom stereocenters. The Kier molecular flexibility index (Phi) is 4.44. The summed E-state index contributed by atoms with van der Waals surface area (Å²) < 4.78 is 6.88. The molecule has 29 heavy (non-hydrogen) atoms. The summed E-state index contributed by atoms with van der Waals surface area (Å²) in [4.78, 5) is 36.4. The number of hydrogen-bond acceptors (Lipinski definition) is 7. The van der Waals surface area contributed by atoms with Gasteiger partial charge in [-0.3, -0.25) is 14.0 Å². The van der Waals surface area contributed by atoms with Crippen LogP contribution in [0.3, 0.4) is 0 Å². The summed E-state index contributed by atoms with van der Waals surface area (Å²) in [5.41, 5.74) is 0.684. The number of fused-ring (bicyclic) bond motifs is 1. The summed E-state index contributed by atoms with van der Waals surface area (Å²) in [6.07, 6.45) is 4.43. The molecule has 8 nitrogen and oxygen atoms in total. The zero-order chi connectivity index (χ0) is 19.8. The summed E-state index contributed by atoms with van der Waals surface area (Å²) >= 11 is 1.36. The van der Waals surface area contributed by atoms with E-state index >= 15 is 0 Å². The Morgan fingerprint density at radius 2 is 1.97 bits per heavy atom. The lowest BCUT2D eigenvalue weighted by atomic mass is 9.96. The first-order valence-corrected chi connectivity index (χ1v) is 10.2. The van der Waals surface area contributed by atoms with E-state index in [0.717, 1.165) is 5.56 Å². The van der Waals surface area contributed by atoms with Crippen molar-refractivity contribution >= 4 is 22.2 Å². The molecule has 1 aliphatic rings. The predicted octanol–water partition coefficient (Wildman–Crippen LogP) is 2.83. The van der Waals surface area contributed by atoms with Gasteiger partial charge in [0.05, 0.1) is 0 Å². The summed E-state index contributed by atoms with van der Waals surface area (Å²) in [5.74, 6) is 0.985. The number of benzene rings is 1. The number of aromatic nitrogens is 4. The topological polar surface area (TPSA) is 93.6 Å². The first-order chi connectivity index (χ1) is 14.2. The standard InChI is InChI=1S/C20H17N5O3S/c26-18(15-12-21-20-25(19(15)27)10-11-29-20)24-8-6-14(7-9-24)17-22-16(23-28-17)13-4-2-1-3-5-13/h1-5,10-12,14H,6-9H2. The Morgan fingerprint density at radius 1 is 1.17 bits per heavy atom. The van der Waals surface area contributed by atoms with Gasteiger partial charge in [0.15, 0.2) is 4.96 Å². The SMILES string of the molecule is O=C(c1cnc2sccn2c1=O)N1CCC(c2nc(-c3ccccc3)no2)CC1. The van der Waals surface area contributed by atoms with Crippen molar-refractivity contribution in [1.29, 1.82) is 0 Å². The van der Waals surface area contributed by atoms with Crippen LogP contribution in [0, 0.1) is 0 Å². The molecule has 3 aromatic heterocycles. The molecule has 0 bridgehead atoms. The van der Waals surface area contributed by atoms with E-state index in [9.17, 15) is 9.59 Å². The number of carbonyl (C=O) groups excluding carboxylic acids is 1. The third-order valence-corrected chi connectivity index (χ3v) is 5.95. The van der Waals surface area contributed by atoms with Crippen molar-refractivity contribution in [3.63, 3.8) is 0 Å². The highest BCUT2D eigenvalue weighted by Gasteiger charge is 2.29. The summed E-state index contributed by atoms with van der Waals surface area (Å²) in [5, 5.41) is 5.86. The van der Waals surface area contributed by atoms with Crippen molar-refractivity contribution in [3.8, 4) is 11.4 Å². The zero-order valence-corrected chi connectivity index (χ0v) is 16.2. The van der Waals surface area contributed by atoms with E-state index in [0.29, 0.717) is 42.6 Å². The molecule has 9 heteroatoms. The lowest BCUT2D eigenvalue weighted by Crippen LogP contribution is -2.40. The summed E-state index contributed by atoms with van der Waals surface area (Å²) in [6.45, 7) is 1.05. The predicted molar refractivity (Wildman–Crippen MR) is 107 cm³/mol. The van der Waals surface area contributed by atoms with Gasteiger partial charge in [-0.1, -0.05) is 35.5 Å². The van der Waals surface area contributed by atoms with Crippen molar-refractivity contribution < 1.29 is 9.32 Å². The second-order valence-electron chi connectivity index (χ2n) is 6.92. The minimum Gasteiger partial charge on any atom is -0.339 e. The number of amides is 1. The van der Waals surface area contributed by atoms with E-state index in [4.69, 9.17) is 4.52 Å². The molecule has 0 unspecified atom stereocenters. The molecule has 1 aromatic carbocycles. The van der Waals surface area contributed by atoms with Crippen LogP contribution in [-0.4, -0.2) is 43.4 Å². The second kappa shape index (κ2) is 7.25. The van der Waals surface area contributed by atoms with E-state index in [2.05, 4.69) is 15.1 Å². The molecule has 1 saturated heterocycles. The normalized spacial score (nSPS) is 15.1. The van der Waals surface area contributed by atoms with Crippen molar-refractivity contribution in [2.75, 3.05) is 13.1 Å². The van der Waals surface area contributed by atoms with Gasteiger partial charge < -0.3 is 9.42 Å². The van der Waals surface area contributed by atoms with Crippen molar-refractivity contribution in [2.45, 2.75) is 18.8 Å². The largest absolute Gasteiger partial charge is 0.339 e. The third-order valence-electron chi connectivity index (χ3n) is 5.18. The number of piperidine rings is 1. The minimum atomic E-state index is -0.326. The fourth-order valence-electron chi connectivity index (χ4n) is 3.58. The van der Waals surface area contributed by atoms with Gasteiger partial charge >= 0.3 is 0 Å². The maximum Gasteiger partial charge on any atom is 0.271 e. The van der Waals surface area contributed by atoms with Crippen LogP contribution in [0.4, 0.5) is 0 Å². The molecule has 4 aromatic rings. The first-order valence-electron chi connectivity index (χ1n) is 9.34. The Bertz CT molecular complexity index is 1220. The number of carbonyl (C=O) groups is 1. The van der Waals surface area contributed by atoms with Gasteiger partial charge in [-0.25, -0.2) is 4.98 Å². The molecule has 5 rings (SSSR count). The van der Waals surface area contributed by atoms with E-state index < -0.39 is 0 Å². The van der Waals surface area contributed by atoms with Gasteiger partial charge in [-0.15, -0.1) is 11.3 Å². The fraction of sp³-hybridized carbons (Fsp3) is 0.250. The average molecular weight is 407 g/mol. The zero-order valence-electron chi connectivity index (χ0n) is 15.4. The molecule has 0 saturated carbocycles. The van der Waals surface area contributed by atoms with Gasteiger partial charge in [0.25, 0.3) is 11.5 Å². The van der Waals surface area contributed by atoms with Gasteiger partial charge in [-0.05, 0) is 12.8 Å². The molecule has 0 N–H and O–H groups in total. The van der Waals surface area contributed by atoms with E-state index in [1.54, 1.807) is 16.5 Å². The maximum atomic E-state index is 12.8. The van der Waals surface area contributed by atoms with Crippen LogP contribution >= 0.6 is 11.3 Å². The molecule has 1 aliphatic heterocycles. The Labute approximate surface area is 169 Å². The highest BCUT2D eigenvalue weighted by Crippen LogP contribution is 2.29. The van der Waals surface area contributed by atoms with Crippen LogP contribution in [0.5, 0.6) is 0 Å². The van der Waals surface area contributed by atoms with Gasteiger partial charge in [0.1, 0.15) is 5.56 Å². The summed E-state index contributed by atoms with van der Waals surface area (Å²) in [7, 11) is 0. The number of likely N-dealkylation sites (tertiary alicyclic amines) is 1. The molecule has 0 spiro atoms. The number of nitrogens with zero attached hydrogens (tertiary/aromatic N) is 5. The van der Waals surface area contributed by atoms with Crippen LogP contribution in [0.25, 0.3) is 16.3 Å². The molecule has 0 radical (unpaired) electrons. The van der Waals surface area contributed by atoms with Crippen LogP contribution < -0.4 is 5.56 Å². The van der Waals surface area contributed by atoms with Crippen molar-refractivity contribution in [1.82, 2.24) is 24.4 Å². The quantitative estimate of drug-likeness (QED) is 0.518. The molecular weight excluding hydrogens is 390 g/mol. The lowest BCUT2D eigenvalue weighted by Gasteiger charge is -2.30. The monoisotopic (exact) mass is 407 g/mol. The first kappa shape index (κ1) is 17.7. The highest BCUT2D eigenvalue weighted by atomic mass is 32.1. The Morgan fingerprint density at radius 3 is 2.76 bits per heavy atom. The molecule has 146 valence electrons. The van der Waals surface area contributed by atoms with Crippen molar-refractivity contribution in [2.24, 2.45) is 0 Å². The number of thiazole rings is 1. The Hall–Kier alpha value is -3.33. The number of hydrogen-bond donors (Lipinski definition) is 0. The lowest BCUT2D eigenvalue weighted by molar-refractivity contribution is 0.0702. The minimum absolute atomic E-state index is 0.0996. The van der Waals surface area contributed by atoms with Gasteiger partial charge in [0.2, 0.25) is 11.7 Å². The van der Waals surface area contributed by atoms with E-state index in [-0.39, 0.29) is 22.9 Å². The Balaban J connectivity index is 1.29. The van der Waals surface area contributed by atoms with Crippen LogP contribution in [-0.2, 0) is 0 Å². The highest BCUT2D eigenvalue weighted by molar-refractivity contribution is 7.15. The molecule has 1 amide bonds. The van der Waals surface area contributed by atoms with Crippen molar-refractivity contribution in [3.05, 3.63) is 69.9 Å². The number of rotatable bonds is 3. The third kappa shape index (κ3) is 3.23. The van der Waals surface area contributed by atoms with Crippen LogP contribution in [0.15, 0.2) is 57.4 Å². The van der Waals surface area contributed by atoms with E-state index in [1.807, 2.05) is 30.3 Å². The summed E-state index contributed by atoms with van der Waals surface area (Å²) in [6, 6.07) is 9.68. The van der Waals surface area contributed by atoms with Crippen LogP contribution in [0.2, 0.25) is 0 Å². The smallest absolute Gasteiger partial charge is 0.271 e. The van der Waals surface area contributed by atoms with Gasteiger partial charge in [-0.2, -0.15) is 4.98 Å². The average Bonchev–Trinajstić information content (AvgIpc) is 3.45. The molecule has 1 fully saturated rings. The molecule has 0 aliphatic carbocycles. The van der Waals surface area contributed by atoms with Crippen LogP contribution in [0.1, 0.15) is 35.0 Å². The van der Waals surface area contributed by atoms with E-state index in [1.165, 1.54) is 21.9 Å².